The monoisotopic (exact) mass is 368 g/mol. The summed E-state index contributed by atoms with van der Waals surface area (Å²) in [4.78, 5) is 1.00. The van der Waals surface area contributed by atoms with Crippen LogP contribution in [0.25, 0.3) is 0 Å². The molecule has 2 aromatic rings. The molecule has 2 rings (SSSR count). The average Bonchev–Trinajstić information content (AvgIpc) is 2.57. The molecule has 1 unspecified atom stereocenters. The predicted molar refractivity (Wildman–Crippen MR) is 80.9 cm³/mol. The summed E-state index contributed by atoms with van der Waals surface area (Å²) in [5, 5.41) is 1.17. The number of aryl methyl sites for hydroxylation is 1. The lowest BCUT2D eigenvalue weighted by Gasteiger charge is -2.09. The van der Waals surface area contributed by atoms with E-state index in [2.05, 4.69) is 15.9 Å². The van der Waals surface area contributed by atoms with Crippen LogP contribution in [-0.2, 0) is 0 Å². The van der Waals surface area contributed by atoms with E-state index in [4.69, 9.17) is 34.8 Å². The molecular weight excluding hydrogens is 362 g/mol. The predicted octanol–water partition coefficient (Wildman–Crippen LogP) is 6.45. The fourth-order valence-corrected chi connectivity index (χ4v) is 3.94. The Morgan fingerprint density at radius 2 is 1.88 bits per heavy atom. The minimum atomic E-state index is -0.221. The first-order chi connectivity index (χ1) is 7.97. The summed E-state index contributed by atoms with van der Waals surface area (Å²) < 4.78 is 0.901. The lowest BCUT2D eigenvalue weighted by atomic mass is 10.1. The number of thiophene rings is 1. The van der Waals surface area contributed by atoms with Crippen molar-refractivity contribution in [2.45, 2.75) is 12.3 Å². The maximum atomic E-state index is 6.43. The molecule has 0 N–H and O–H groups in total. The van der Waals surface area contributed by atoms with Gasteiger partial charge in [-0.25, -0.2) is 0 Å². The highest BCUT2D eigenvalue weighted by molar-refractivity contribution is 9.11. The third-order valence-corrected chi connectivity index (χ3v) is 5.65. The first-order valence-corrected chi connectivity index (χ1v) is 7.63. The number of rotatable bonds is 2. The summed E-state index contributed by atoms with van der Waals surface area (Å²) in [6.45, 7) is 2.00. The number of halogens is 4. The Morgan fingerprint density at radius 1 is 1.18 bits per heavy atom. The van der Waals surface area contributed by atoms with E-state index in [1.165, 1.54) is 11.3 Å². The maximum Gasteiger partial charge on any atom is 0.0929 e. The van der Waals surface area contributed by atoms with E-state index >= 15 is 0 Å². The van der Waals surface area contributed by atoms with E-state index in [1.54, 1.807) is 0 Å². The topological polar surface area (TPSA) is 0 Å². The van der Waals surface area contributed by atoms with Crippen LogP contribution >= 0.6 is 62.1 Å². The Morgan fingerprint density at radius 3 is 2.41 bits per heavy atom. The van der Waals surface area contributed by atoms with Crippen LogP contribution in [0, 0.1) is 6.92 Å². The van der Waals surface area contributed by atoms with Gasteiger partial charge in [0.1, 0.15) is 0 Å². The van der Waals surface area contributed by atoms with E-state index in [0.717, 1.165) is 19.8 Å². The molecule has 90 valence electrons. The van der Waals surface area contributed by atoms with Crippen molar-refractivity contribution in [3.05, 3.63) is 54.1 Å². The zero-order valence-electron chi connectivity index (χ0n) is 8.81. The standard InChI is InChI=1S/C12H8BrCl3S/c1-6-2-7(4-8(14)3-6)11(16)10-5-9(15)12(13)17-10/h2-5,11H,1H3. The Hall–Kier alpha value is 0.270. The summed E-state index contributed by atoms with van der Waals surface area (Å²) in [5.41, 5.74) is 2.09. The Kier molecular flexibility index (Phi) is 4.43. The van der Waals surface area contributed by atoms with Crippen LogP contribution < -0.4 is 0 Å². The van der Waals surface area contributed by atoms with Gasteiger partial charge in [-0.15, -0.1) is 22.9 Å². The van der Waals surface area contributed by atoms with Crippen LogP contribution in [0.5, 0.6) is 0 Å². The van der Waals surface area contributed by atoms with Gasteiger partial charge >= 0.3 is 0 Å². The normalized spacial score (nSPS) is 12.8. The van der Waals surface area contributed by atoms with Gasteiger partial charge < -0.3 is 0 Å². The van der Waals surface area contributed by atoms with Gasteiger partial charge in [0, 0.05) is 9.90 Å². The number of benzene rings is 1. The smallest absolute Gasteiger partial charge is 0.0929 e. The van der Waals surface area contributed by atoms with E-state index in [0.29, 0.717) is 10.0 Å². The molecule has 0 aliphatic heterocycles. The molecule has 0 aliphatic rings. The second-order valence-electron chi connectivity index (χ2n) is 3.69. The van der Waals surface area contributed by atoms with Crippen LogP contribution in [0.4, 0.5) is 0 Å². The number of alkyl halides is 1. The molecule has 0 spiro atoms. The van der Waals surface area contributed by atoms with E-state index in [-0.39, 0.29) is 5.38 Å². The van der Waals surface area contributed by atoms with Crippen molar-refractivity contribution in [1.29, 1.82) is 0 Å². The molecule has 1 atom stereocenters. The van der Waals surface area contributed by atoms with Crippen LogP contribution in [0.15, 0.2) is 28.1 Å². The highest BCUT2D eigenvalue weighted by Gasteiger charge is 2.16. The second-order valence-corrected chi connectivity index (χ2v) is 7.38. The molecule has 0 nitrogen and oxygen atoms in total. The zero-order chi connectivity index (χ0) is 12.6. The van der Waals surface area contributed by atoms with Crippen molar-refractivity contribution >= 4 is 62.1 Å². The van der Waals surface area contributed by atoms with Crippen LogP contribution in [0.1, 0.15) is 21.4 Å². The van der Waals surface area contributed by atoms with Gasteiger partial charge in [-0.3, -0.25) is 0 Å². The Balaban J connectivity index is 2.39. The first-order valence-electron chi connectivity index (χ1n) is 4.83. The van der Waals surface area contributed by atoms with Crippen LogP contribution in [-0.4, -0.2) is 0 Å². The van der Waals surface area contributed by atoms with Gasteiger partial charge in [0.15, 0.2) is 0 Å². The zero-order valence-corrected chi connectivity index (χ0v) is 13.5. The van der Waals surface area contributed by atoms with Crippen molar-refractivity contribution in [1.82, 2.24) is 0 Å². The van der Waals surface area contributed by atoms with Crippen molar-refractivity contribution < 1.29 is 0 Å². The fourth-order valence-electron chi connectivity index (χ4n) is 1.56. The first kappa shape index (κ1) is 13.7. The van der Waals surface area contributed by atoms with Gasteiger partial charge in [0.25, 0.3) is 0 Å². The van der Waals surface area contributed by atoms with E-state index < -0.39 is 0 Å². The molecule has 0 aliphatic carbocycles. The van der Waals surface area contributed by atoms with E-state index in [1.807, 2.05) is 31.2 Å². The van der Waals surface area contributed by atoms with Crippen molar-refractivity contribution in [3.8, 4) is 0 Å². The molecule has 1 aromatic carbocycles. The average molecular weight is 371 g/mol. The lowest BCUT2D eigenvalue weighted by Crippen LogP contribution is -1.91. The van der Waals surface area contributed by atoms with E-state index in [9.17, 15) is 0 Å². The molecule has 0 bridgehead atoms. The molecule has 5 heteroatoms. The molecule has 17 heavy (non-hydrogen) atoms. The quantitative estimate of drug-likeness (QED) is 0.533. The van der Waals surface area contributed by atoms with Crippen molar-refractivity contribution in [3.63, 3.8) is 0 Å². The molecule has 1 heterocycles. The lowest BCUT2D eigenvalue weighted by molar-refractivity contribution is 1.17. The number of hydrogen-bond acceptors (Lipinski definition) is 1. The third-order valence-electron chi connectivity index (χ3n) is 2.27. The van der Waals surface area contributed by atoms with Gasteiger partial charge in [-0.2, -0.15) is 0 Å². The summed E-state index contributed by atoms with van der Waals surface area (Å²) in [6.07, 6.45) is 0. The Labute approximate surface area is 128 Å². The molecule has 0 fully saturated rings. The maximum absolute atomic E-state index is 6.43. The molecule has 0 amide bonds. The molecule has 1 aromatic heterocycles. The largest absolute Gasteiger partial charge is 0.130 e. The Bertz CT molecular complexity index is 511. The van der Waals surface area contributed by atoms with Gasteiger partial charge in [-0.1, -0.05) is 29.3 Å². The summed E-state index contributed by atoms with van der Waals surface area (Å²) in [5.74, 6) is 0. The highest BCUT2D eigenvalue weighted by Crippen LogP contribution is 2.40. The molecule has 0 saturated carbocycles. The summed E-state index contributed by atoms with van der Waals surface area (Å²) in [6, 6.07) is 7.70. The van der Waals surface area contributed by atoms with Crippen LogP contribution in [0.3, 0.4) is 0 Å². The molecular formula is C12H8BrCl3S. The van der Waals surface area contributed by atoms with Crippen molar-refractivity contribution in [2.24, 2.45) is 0 Å². The highest BCUT2D eigenvalue weighted by atomic mass is 79.9. The SMILES string of the molecule is Cc1cc(Cl)cc(C(Cl)c2cc(Cl)c(Br)s2)c1. The number of hydrogen-bond donors (Lipinski definition) is 0. The van der Waals surface area contributed by atoms with Gasteiger partial charge in [-0.05, 0) is 52.2 Å². The van der Waals surface area contributed by atoms with Crippen LogP contribution in [0.2, 0.25) is 10.0 Å². The van der Waals surface area contributed by atoms with Crippen molar-refractivity contribution in [2.75, 3.05) is 0 Å². The molecule has 0 radical (unpaired) electrons. The molecule has 0 saturated heterocycles. The second kappa shape index (κ2) is 5.50. The summed E-state index contributed by atoms with van der Waals surface area (Å²) in [7, 11) is 0. The minimum absolute atomic E-state index is 0.221. The third kappa shape index (κ3) is 3.18. The fraction of sp³-hybridized carbons (Fsp3) is 0.167. The minimum Gasteiger partial charge on any atom is -0.130 e. The summed E-state index contributed by atoms with van der Waals surface area (Å²) >= 11 is 23.4. The van der Waals surface area contributed by atoms with Gasteiger partial charge in [0.05, 0.1) is 14.2 Å². The van der Waals surface area contributed by atoms with Gasteiger partial charge in [0.2, 0.25) is 0 Å².